The van der Waals surface area contributed by atoms with Crippen LogP contribution in [0.3, 0.4) is 0 Å². The quantitative estimate of drug-likeness (QED) is 0.924. The molecule has 3 rings (SSSR count). The lowest BCUT2D eigenvalue weighted by Crippen LogP contribution is -2.40. The largest absolute Gasteiger partial charge is 0.376 e. The number of nitrogens with zero attached hydrogens (tertiary/aromatic N) is 2. The van der Waals surface area contributed by atoms with Crippen LogP contribution in [0, 0.1) is 5.92 Å². The normalized spacial score (nSPS) is 18.7. The SMILES string of the molecule is CC1CCN(C(=O)CNc2cccc(C(=O)N3CCCC3)c2)CC1. The second kappa shape index (κ2) is 7.69. The van der Waals surface area contributed by atoms with Crippen LogP contribution in [0.15, 0.2) is 24.3 Å². The molecule has 1 aromatic rings. The topological polar surface area (TPSA) is 52.7 Å². The fraction of sp³-hybridized carbons (Fsp3) is 0.579. The van der Waals surface area contributed by atoms with E-state index in [4.69, 9.17) is 0 Å². The molecule has 0 aliphatic carbocycles. The molecule has 2 amide bonds. The fourth-order valence-corrected chi connectivity index (χ4v) is 3.41. The van der Waals surface area contributed by atoms with Gasteiger partial charge in [0.2, 0.25) is 5.91 Å². The van der Waals surface area contributed by atoms with E-state index in [-0.39, 0.29) is 18.4 Å². The van der Waals surface area contributed by atoms with Crippen molar-refractivity contribution in [3.05, 3.63) is 29.8 Å². The van der Waals surface area contributed by atoms with Crippen molar-refractivity contribution in [3.63, 3.8) is 0 Å². The van der Waals surface area contributed by atoms with E-state index in [1.807, 2.05) is 34.1 Å². The first-order chi connectivity index (χ1) is 11.6. The summed E-state index contributed by atoms with van der Waals surface area (Å²) in [6.45, 7) is 5.94. The van der Waals surface area contributed by atoms with Gasteiger partial charge in [0.05, 0.1) is 6.54 Å². The molecule has 2 saturated heterocycles. The Kier molecular flexibility index (Phi) is 5.38. The van der Waals surface area contributed by atoms with Gasteiger partial charge in [-0.2, -0.15) is 0 Å². The number of rotatable bonds is 4. The summed E-state index contributed by atoms with van der Waals surface area (Å²) in [4.78, 5) is 28.6. The van der Waals surface area contributed by atoms with Gasteiger partial charge in [-0.3, -0.25) is 9.59 Å². The van der Waals surface area contributed by atoms with Crippen LogP contribution in [0.1, 0.15) is 43.0 Å². The summed E-state index contributed by atoms with van der Waals surface area (Å²) >= 11 is 0. The Labute approximate surface area is 144 Å². The van der Waals surface area contributed by atoms with E-state index in [0.717, 1.165) is 63.5 Å². The van der Waals surface area contributed by atoms with E-state index in [2.05, 4.69) is 12.2 Å². The van der Waals surface area contributed by atoms with E-state index in [1.165, 1.54) is 0 Å². The first-order valence-corrected chi connectivity index (χ1v) is 9.04. The minimum Gasteiger partial charge on any atom is -0.376 e. The van der Waals surface area contributed by atoms with Gasteiger partial charge in [0.25, 0.3) is 5.91 Å². The number of nitrogens with one attached hydrogen (secondary N) is 1. The molecule has 0 unspecified atom stereocenters. The van der Waals surface area contributed by atoms with Crippen molar-refractivity contribution in [2.24, 2.45) is 5.92 Å². The number of carbonyl (C=O) groups excluding carboxylic acids is 2. The van der Waals surface area contributed by atoms with Crippen molar-refractivity contribution >= 4 is 17.5 Å². The van der Waals surface area contributed by atoms with E-state index in [9.17, 15) is 9.59 Å². The summed E-state index contributed by atoms with van der Waals surface area (Å²) in [5.74, 6) is 0.945. The van der Waals surface area contributed by atoms with Crippen molar-refractivity contribution in [3.8, 4) is 0 Å². The molecule has 0 aromatic heterocycles. The van der Waals surface area contributed by atoms with Crippen LogP contribution >= 0.6 is 0 Å². The average Bonchev–Trinajstić information content (AvgIpc) is 3.14. The van der Waals surface area contributed by atoms with Gasteiger partial charge in [-0.25, -0.2) is 0 Å². The fourth-order valence-electron chi connectivity index (χ4n) is 3.41. The van der Waals surface area contributed by atoms with Gasteiger partial charge in [0.1, 0.15) is 0 Å². The van der Waals surface area contributed by atoms with Crippen LogP contribution < -0.4 is 5.32 Å². The molecule has 0 atom stereocenters. The highest BCUT2D eigenvalue weighted by molar-refractivity contribution is 5.95. The zero-order valence-electron chi connectivity index (χ0n) is 14.5. The lowest BCUT2D eigenvalue weighted by molar-refractivity contribution is -0.130. The van der Waals surface area contributed by atoms with Crippen LogP contribution in [0.5, 0.6) is 0 Å². The first kappa shape index (κ1) is 16.8. The Balaban J connectivity index is 1.54. The Hall–Kier alpha value is -2.04. The summed E-state index contributed by atoms with van der Waals surface area (Å²) in [5, 5.41) is 3.18. The van der Waals surface area contributed by atoms with Gasteiger partial charge in [-0.15, -0.1) is 0 Å². The maximum atomic E-state index is 12.4. The number of amides is 2. The summed E-state index contributed by atoms with van der Waals surface area (Å²) in [6.07, 6.45) is 4.36. The molecule has 0 spiro atoms. The minimum atomic E-state index is 0.0903. The van der Waals surface area contributed by atoms with Gasteiger partial charge in [0, 0.05) is 37.4 Å². The van der Waals surface area contributed by atoms with Crippen molar-refractivity contribution < 1.29 is 9.59 Å². The molecule has 0 bridgehead atoms. The molecule has 2 fully saturated rings. The minimum absolute atomic E-state index is 0.0903. The third-order valence-corrected chi connectivity index (χ3v) is 5.08. The van der Waals surface area contributed by atoms with E-state index in [0.29, 0.717) is 5.56 Å². The molecular formula is C19H27N3O2. The van der Waals surface area contributed by atoms with Gasteiger partial charge in [-0.05, 0) is 49.8 Å². The monoisotopic (exact) mass is 329 g/mol. The van der Waals surface area contributed by atoms with Gasteiger partial charge >= 0.3 is 0 Å². The van der Waals surface area contributed by atoms with Crippen LogP contribution in [0.4, 0.5) is 5.69 Å². The summed E-state index contributed by atoms with van der Waals surface area (Å²) in [7, 11) is 0. The smallest absolute Gasteiger partial charge is 0.253 e. The van der Waals surface area contributed by atoms with E-state index >= 15 is 0 Å². The molecule has 130 valence electrons. The molecule has 0 saturated carbocycles. The second-order valence-corrected chi connectivity index (χ2v) is 7.00. The molecule has 0 radical (unpaired) electrons. The predicted octanol–water partition coefficient (Wildman–Crippen LogP) is 2.59. The van der Waals surface area contributed by atoms with Crippen molar-refractivity contribution in [1.29, 1.82) is 0 Å². The number of anilines is 1. The molecule has 1 aromatic carbocycles. The van der Waals surface area contributed by atoms with E-state index < -0.39 is 0 Å². The zero-order valence-corrected chi connectivity index (χ0v) is 14.5. The average molecular weight is 329 g/mol. The number of benzene rings is 1. The van der Waals surface area contributed by atoms with Gasteiger partial charge in [-0.1, -0.05) is 13.0 Å². The maximum Gasteiger partial charge on any atom is 0.253 e. The lowest BCUT2D eigenvalue weighted by Gasteiger charge is -2.30. The second-order valence-electron chi connectivity index (χ2n) is 7.00. The molecule has 1 N–H and O–H groups in total. The predicted molar refractivity (Wildman–Crippen MR) is 95.0 cm³/mol. The van der Waals surface area contributed by atoms with Crippen molar-refractivity contribution in [2.75, 3.05) is 38.0 Å². The Morgan fingerprint density at radius 3 is 2.50 bits per heavy atom. The van der Waals surface area contributed by atoms with Gasteiger partial charge in [0.15, 0.2) is 0 Å². The molecule has 2 aliphatic heterocycles. The number of hydrogen-bond acceptors (Lipinski definition) is 3. The highest BCUT2D eigenvalue weighted by Gasteiger charge is 2.21. The number of likely N-dealkylation sites (tertiary alicyclic amines) is 2. The summed E-state index contributed by atoms with van der Waals surface area (Å²) in [5.41, 5.74) is 1.53. The van der Waals surface area contributed by atoms with Crippen LogP contribution in [0.2, 0.25) is 0 Å². The lowest BCUT2D eigenvalue weighted by atomic mass is 9.99. The highest BCUT2D eigenvalue weighted by atomic mass is 16.2. The molecule has 2 aliphatic rings. The zero-order chi connectivity index (χ0) is 16.9. The summed E-state index contributed by atoms with van der Waals surface area (Å²) in [6, 6.07) is 7.48. The maximum absolute atomic E-state index is 12.4. The molecular weight excluding hydrogens is 302 g/mol. The van der Waals surface area contributed by atoms with Crippen LogP contribution in [-0.4, -0.2) is 54.3 Å². The number of piperidine rings is 1. The molecule has 24 heavy (non-hydrogen) atoms. The third-order valence-electron chi connectivity index (χ3n) is 5.08. The highest BCUT2D eigenvalue weighted by Crippen LogP contribution is 2.18. The Morgan fingerprint density at radius 1 is 1.08 bits per heavy atom. The van der Waals surface area contributed by atoms with Crippen LogP contribution in [0.25, 0.3) is 0 Å². The van der Waals surface area contributed by atoms with E-state index in [1.54, 1.807) is 0 Å². The van der Waals surface area contributed by atoms with Gasteiger partial charge < -0.3 is 15.1 Å². The standard InChI is InChI=1S/C19H27N3O2/c1-15-7-11-21(12-8-15)18(23)14-20-17-6-4-5-16(13-17)19(24)22-9-2-3-10-22/h4-6,13,15,20H,2-3,7-12,14H2,1H3. The Bertz CT molecular complexity index is 588. The summed E-state index contributed by atoms with van der Waals surface area (Å²) < 4.78 is 0. The number of hydrogen-bond donors (Lipinski definition) is 1. The Morgan fingerprint density at radius 2 is 1.79 bits per heavy atom. The van der Waals surface area contributed by atoms with Crippen LogP contribution in [-0.2, 0) is 4.79 Å². The molecule has 5 nitrogen and oxygen atoms in total. The van der Waals surface area contributed by atoms with Crippen molar-refractivity contribution in [1.82, 2.24) is 9.80 Å². The first-order valence-electron chi connectivity index (χ1n) is 9.04. The van der Waals surface area contributed by atoms with Crippen molar-refractivity contribution in [2.45, 2.75) is 32.6 Å². The molecule has 2 heterocycles. The third kappa shape index (κ3) is 4.08. The number of carbonyl (C=O) groups is 2. The molecule has 5 heteroatoms.